The van der Waals surface area contributed by atoms with Crippen molar-refractivity contribution < 1.29 is 19.1 Å². The molecule has 3 aliphatic heterocycles. The topological polar surface area (TPSA) is 81.7 Å². The van der Waals surface area contributed by atoms with Gasteiger partial charge in [-0.05, 0) is 37.3 Å². The average molecular weight is 412 g/mol. The third-order valence-corrected chi connectivity index (χ3v) is 6.48. The van der Waals surface area contributed by atoms with Gasteiger partial charge in [0.2, 0.25) is 11.8 Å². The molecular formula is C20H27ClFN3O3. The zero-order valence-corrected chi connectivity index (χ0v) is 16.6. The fourth-order valence-electron chi connectivity index (χ4n) is 4.74. The maximum Gasteiger partial charge on any atom is 0.231 e. The number of amides is 2. The van der Waals surface area contributed by atoms with Crippen molar-refractivity contribution >= 4 is 24.2 Å². The van der Waals surface area contributed by atoms with Crippen LogP contribution in [0.1, 0.15) is 24.8 Å². The highest BCUT2D eigenvalue weighted by molar-refractivity contribution is 5.88. The molecule has 3 saturated heterocycles. The molecule has 3 fully saturated rings. The minimum Gasteiger partial charge on any atom is -0.392 e. The summed E-state index contributed by atoms with van der Waals surface area (Å²) in [6, 6.07) is 6.56. The molecule has 0 bridgehead atoms. The van der Waals surface area contributed by atoms with E-state index in [2.05, 4.69) is 10.6 Å². The number of likely N-dealkylation sites (tertiary alicyclic amines) is 1. The van der Waals surface area contributed by atoms with Crippen LogP contribution < -0.4 is 10.6 Å². The quantitative estimate of drug-likeness (QED) is 0.689. The molecule has 2 atom stereocenters. The van der Waals surface area contributed by atoms with Crippen molar-refractivity contribution in [3.05, 3.63) is 35.6 Å². The van der Waals surface area contributed by atoms with Gasteiger partial charge in [0.25, 0.3) is 0 Å². The molecule has 3 aliphatic rings. The van der Waals surface area contributed by atoms with Gasteiger partial charge < -0.3 is 20.6 Å². The van der Waals surface area contributed by atoms with Crippen LogP contribution >= 0.6 is 12.4 Å². The van der Waals surface area contributed by atoms with E-state index in [0.717, 1.165) is 6.42 Å². The first-order valence-electron chi connectivity index (χ1n) is 9.67. The summed E-state index contributed by atoms with van der Waals surface area (Å²) in [5.41, 5.74) is -1.06. The van der Waals surface area contributed by atoms with Crippen LogP contribution in [0.15, 0.2) is 24.3 Å². The Morgan fingerprint density at radius 1 is 1.32 bits per heavy atom. The Bertz CT molecular complexity index is 758. The highest BCUT2D eigenvalue weighted by Gasteiger charge is 2.54. The fraction of sp³-hybridized carbons (Fsp3) is 0.600. The van der Waals surface area contributed by atoms with Gasteiger partial charge in [-0.25, -0.2) is 4.39 Å². The summed E-state index contributed by atoms with van der Waals surface area (Å²) in [4.78, 5) is 27.7. The molecule has 1 spiro atoms. The second-order valence-corrected chi connectivity index (χ2v) is 8.20. The number of rotatable bonds is 3. The van der Waals surface area contributed by atoms with Gasteiger partial charge in [0.15, 0.2) is 0 Å². The Morgan fingerprint density at radius 3 is 2.71 bits per heavy atom. The van der Waals surface area contributed by atoms with Crippen LogP contribution in [-0.2, 0) is 16.0 Å². The maximum atomic E-state index is 14.1. The number of benzene rings is 1. The lowest BCUT2D eigenvalue weighted by molar-refractivity contribution is -0.161. The standard InChI is InChI=1S/C20H26FN3O3.ClH/c21-15-5-2-1-4-14(15)10-19(11-22-12-19)18(27)24-9-6-16(25)20(13-24)7-3-8-23-17(20)26;/h1-2,4-5,16,22,25H,3,6-13H2,(H,23,26);1H/t16-,20+;/m0./s1. The number of piperidine rings is 2. The van der Waals surface area contributed by atoms with Crippen molar-refractivity contribution in [1.82, 2.24) is 15.5 Å². The Balaban J connectivity index is 0.00000225. The molecule has 1 aromatic carbocycles. The van der Waals surface area contributed by atoms with Gasteiger partial charge >= 0.3 is 0 Å². The molecule has 3 heterocycles. The van der Waals surface area contributed by atoms with Crippen molar-refractivity contribution in [2.45, 2.75) is 31.8 Å². The normalized spacial score (nSPS) is 28.9. The highest BCUT2D eigenvalue weighted by Crippen LogP contribution is 2.40. The molecule has 0 unspecified atom stereocenters. The Labute approximate surface area is 170 Å². The predicted octanol–water partition coefficient (Wildman–Crippen LogP) is 0.869. The number of nitrogens with zero attached hydrogens (tertiary/aromatic N) is 1. The van der Waals surface area contributed by atoms with Gasteiger partial charge in [-0.1, -0.05) is 18.2 Å². The SMILES string of the molecule is Cl.O=C(N1CC[C@H](O)[C@@]2(CCCNC2=O)C1)C1(Cc2ccccc2F)CNC1. The summed E-state index contributed by atoms with van der Waals surface area (Å²) in [6.45, 7) is 2.27. The number of nitrogens with one attached hydrogen (secondary N) is 2. The number of halogens is 2. The monoisotopic (exact) mass is 411 g/mol. The summed E-state index contributed by atoms with van der Waals surface area (Å²) in [7, 11) is 0. The summed E-state index contributed by atoms with van der Waals surface area (Å²) < 4.78 is 14.1. The molecule has 0 aliphatic carbocycles. The van der Waals surface area contributed by atoms with Gasteiger partial charge in [0.1, 0.15) is 5.82 Å². The lowest BCUT2D eigenvalue weighted by Gasteiger charge is -2.51. The predicted molar refractivity (Wildman–Crippen MR) is 105 cm³/mol. The van der Waals surface area contributed by atoms with Crippen LogP contribution in [0.2, 0.25) is 0 Å². The number of carbonyl (C=O) groups excluding carboxylic acids is 2. The minimum atomic E-state index is -0.914. The summed E-state index contributed by atoms with van der Waals surface area (Å²) >= 11 is 0. The van der Waals surface area contributed by atoms with Crippen LogP contribution in [-0.4, -0.2) is 60.6 Å². The number of aliphatic hydroxyl groups excluding tert-OH is 1. The smallest absolute Gasteiger partial charge is 0.231 e. The molecule has 3 N–H and O–H groups in total. The third kappa shape index (κ3) is 3.40. The zero-order valence-electron chi connectivity index (χ0n) is 15.7. The molecule has 8 heteroatoms. The molecule has 28 heavy (non-hydrogen) atoms. The van der Waals surface area contributed by atoms with Crippen LogP contribution in [0.5, 0.6) is 0 Å². The van der Waals surface area contributed by atoms with Gasteiger partial charge in [-0.2, -0.15) is 0 Å². The van der Waals surface area contributed by atoms with E-state index in [0.29, 0.717) is 51.0 Å². The van der Waals surface area contributed by atoms with Gasteiger partial charge in [0.05, 0.1) is 16.9 Å². The number of carbonyl (C=O) groups is 2. The zero-order chi connectivity index (χ0) is 19.1. The Morgan fingerprint density at radius 2 is 2.07 bits per heavy atom. The van der Waals surface area contributed by atoms with Crippen molar-refractivity contribution in [2.75, 3.05) is 32.7 Å². The molecule has 154 valence electrons. The van der Waals surface area contributed by atoms with Crippen LogP contribution in [0, 0.1) is 16.6 Å². The maximum absolute atomic E-state index is 14.1. The van der Waals surface area contributed by atoms with Crippen molar-refractivity contribution in [1.29, 1.82) is 0 Å². The van der Waals surface area contributed by atoms with E-state index in [1.165, 1.54) is 6.07 Å². The summed E-state index contributed by atoms with van der Waals surface area (Å²) in [6.07, 6.45) is 1.38. The lowest BCUT2D eigenvalue weighted by Crippen LogP contribution is -2.68. The van der Waals surface area contributed by atoms with E-state index in [1.54, 1.807) is 23.1 Å². The van der Waals surface area contributed by atoms with E-state index in [9.17, 15) is 19.1 Å². The van der Waals surface area contributed by atoms with E-state index < -0.39 is 16.9 Å². The van der Waals surface area contributed by atoms with E-state index >= 15 is 0 Å². The number of hydrogen-bond acceptors (Lipinski definition) is 4. The van der Waals surface area contributed by atoms with Gasteiger partial charge in [-0.3, -0.25) is 9.59 Å². The average Bonchev–Trinajstić information content (AvgIpc) is 2.63. The van der Waals surface area contributed by atoms with E-state index in [4.69, 9.17) is 0 Å². The molecular weight excluding hydrogens is 385 g/mol. The molecule has 0 radical (unpaired) electrons. The summed E-state index contributed by atoms with van der Waals surface area (Å²) in [5, 5.41) is 16.5. The second kappa shape index (κ2) is 7.97. The second-order valence-electron chi connectivity index (χ2n) is 8.20. The molecule has 1 aromatic rings. The van der Waals surface area contributed by atoms with Crippen molar-refractivity contribution in [2.24, 2.45) is 10.8 Å². The largest absolute Gasteiger partial charge is 0.392 e. The molecule has 2 amide bonds. The Kier molecular flexibility index (Phi) is 5.98. The molecule has 4 rings (SSSR count). The lowest BCUT2D eigenvalue weighted by atomic mass is 9.69. The molecule has 0 saturated carbocycles. The highest BCUT2D eigenvalue weighted by atomic mass is 35.5. The van der Waals surface area contributed by atoms with Crippen molar-refractivity contribution in [3.63, 3.8) is 0 Å². The van der Waals surface area contributed by atoms with E-state index in [-0.39, 0.29) is 36.6 Å². The van der Waals surface area contributed by atoms with Gasteiger partial charge in [0, 0.05) is 32.7 Å². The first kappa shape index (κ1) is 21.0. The van der Waals surface area contributed by atoms with Crippen LogP contribution in [0.3, 0.4) is 0 Å². The third-order valence-electron chi connectivity index (χ3n) is 6.48. The first-order valence-corrected chi connectivity index (χ1v) is 9.67. The molecule has 0 aromatic heterocycles. The summed E-state index contributed by atoms with van der Waals surface area (Å²) in [5.74, 6) is -0.503. The Hall–Kier alpha value is -1.70. The van der Waals surface area contributed by atoms with Crippen LogP contribution in [0.25, 0.3) is 0 Å². The number of hydrogen-bond donors (Lipinski definition) is 3. The van der Waals surface area contributed by atoms with Crippen molar-refractivity contribution in [3.8, 4) is 0 Å². The van der Waals surface area contributed by atoms with E-state index in [1.807, 2.05) is 0 Å². The number of aliphatic hydroxyl groups is 1. The van der Waals surface area contributed by atoms with Crippen LogP contribution in [0.4, 0.5) is 4.39 Å². The molecule has 6 nitrogen and oxygen atoms in total. The minimum absolute atomic E-state index is 0. The fourth-order valence-corrected chi connectivity index (χ4v) is 4.74. The first-order chi connectivity index (χ1) is 13.0. The van der Waals surface area contributed by atoms with Gasteiger partial charge in [-0.15, -0.1) is 12.4 Å².